The topological polar surface area (TPSA) is 38.3 Å². The molecule has 2 rings (SSSR count). The number of benzene rings is 1. The lowest BCUT2D eigenvalue weighted by molar-refractivity contribution is -0.119. The molecule has 1 aliphatic heterocycles. The number of hydrogen-bond acceptors (Lipinski definition) is 2. The second-order valence-electron chi connectivity index (χ2n) is 5.15. The van der Waals surface area contributed by atoms with Gasteiger partial charge in [-0.3, -0.25) is 4.79 Å². The molecule has 1 aromatic rings. The third-order valence-electron chi connectivity index (χ3n) is 3.43. The summed E-state index contributed by atoms with van der Waals surface area (Å²) in [5.41, 5.74) is 2.11. The minimum Gasteiger partial charge on any atom is -0.487 e. The van der Waals surface area contributed by atoms with Gasteiger partial charge in [0.1, 0.15) is 17.7 Å². The predicted octanol–water partition coefficient (Wildman–Crippen LogP) is 3.41. The van der Waals surface area contributed by atoms with Crippen LogP contribution in [0.4, 0.5) is 4.39 Å². The molecule has 0 spiro atoms. The number of ether oxygens (including phenoxy) is 1. The van der Waals surface area contributed by atoms with Crippen LogP contribution in [0.5, 0.6) is 5.75 Å². The van der Waals surface area contributed by atoms with Gasteiger partial charge in [0.25, 0.3) is 0 Å². The van der Waals surface area contributed by atoms with E-state index in [0.29, 0.717) is 29.9 Å². The highest BCUT2D eigenvalue weighted by Crippen LogP contribution is 2.38. The maximum atomic E-state index is 14.3. The number of carbonyl (C=O) groups is 1. The van der Waals surface area contributed by atoms with E-state index in [0.717, 1.165) is 5.56 Å². The summed E-state index contributed by atoms with van der Waals surface area (Å²) in [6, 6.07) is 3.20. The van der Waals surface area contributed by atoms with Gasteiger partial charge in [-0.1, -0.05) is 36.9 Å². The van der Waals surface area contributed by atoms with Crippen molar-refractivity contribution >= 4 is 11.5 Å². The van der Waals surface area contributed by atoms with Crippen molar-refractivity contribution in [1.29, 1.82) is 0 Å². The summed E-state index contributed by atoms with van der Waals surface area (Å²) >= 11 is 0. The van der Waals surface area contributed by atoms with Gasteiger partial charge in [0.2, 0.25) is 5.91 Å². The average molecular weight is 301 g/mol. The van der Waals surface area contributed by atoms with Gasteiger partial charge in [-0.25, -0.2) is 4.39 Å². The normalized spacial score (nSPS) is 17.2. The van der Waals surface area contributed by atoms with Crippen LogP contribution in [0.15, 0.2) is 43.0 Å². The monoisotopic (exact) mass is 301 g/mol. The van der Waals surface area contributed by atoms with Crippen LogP contribution in [0.1, 0.15) is 25.0 Å². The van der Waals surface area contributed by atoms with E-state index in [-0.39, 0.29) is 17.8 Å². The van der Waals surface area contributed by atoms with Crippen molar-refractivity contribution in [3.63, 3.8) is 0 Å². The molecule has 0 aromatic heterocycles. The van der Waals surface area contributed by atoms with Crippen LogP contribution in [0, 0.1) is 5.82 Å². The summed E-state index contributed by atoms with van der Waals surface area (Å²) < 4.78 is 20.2. The molecule has 4 heteroatoms. The van der Waals surface area contributed by atoms with E-state index in [9.17, 15) is 9.18 Å². The van der Waals surface area contributed by atoms with Crippen molar-refractivity contribution in [2.45, 2.75) is 26.4 Å². The number of allylic oxidation sites excluding steroid dienone is 5. The molecule has 0 bridgehead atoms. The smallest absolute Gasteiger partial charge is 0.217 e. The summed E-state index contributed by atoms with van der Waals surface area (Å²) in [5.74, 6) is 0.124. The first-order chi connectivity index (χ1) is 10.6. The Morgan fingerprint density at radius 2 is 2.32 bits per heavy atom. The Morgan fingerprint density at radius 3 is 2.95 bits per heavy atom. The van der Waals surface area contributed by atoms with Crippen molar-refractivity contribution in [2.24, 2.45) is 0 Å². The van der Waals surface area contributed by atoms with Gasteiger partial charge >= 0.3 is 0 Å². The summed E-state index contributed by atoms with van der Waals surface area (Å²) in [5, 5.41) is 2.73. The molecule has 116 valence electrons. The molecule has 1 unspecified atom stereocenters. The fourth-order valence-electron chi connectivity index (χ4n) is 2.52. The maximum Gasteiger partial charge on any atom is 0.217 e. The van der Waals surface area contributed by atoms with E-state index in [1.807, 2.05) is 19.1 Å². The third-order valence-corrected chi connectivity index (χ3v) is 3.43. The maximum absolute atomic E-state index is 14.3. The van der Waals surface area contributed by atoms with Crippen LogP contribution >= 0.6 is 0 Å². The van der Waals surface area contributed by atoms with E-state index in [1.165, 1.54) is 13.0 Å². The molecule has 1 heterocycles. The zero-order valence-electron chi connectivity index (χ0n) is 12.9. The largest absolute Gasteiger partial charge is 0.487 e. The van der Waals surface area contributed by atoms with Crippen molar-refractivity contribution in [3.05, 3.63) is 60.0 Å². The summed E-state index contributed by atoms with van der Waals surface area (Å²) in [4.78, 5) is 11.0. The van der Waals surface area contributed by atoms with Crippen molar-refractivity contribution in [2.75, 3.05) is 6.54 Å². The van der Waals surface area contributed by atoms with E-state index in [1.54, 1.807) is 18.2 Å². The Hall–Kier alpha value is -2.36. The van der Waals surface area contributed by atoms with E-state index >= 15 is 0 Å². The number of nitrogens with one attached hydrogen (secondary N) is 1. The molecule has 1 aliphatic rings. The van der Waals surface area contributed by atoms with Gasteiger partial charge in [-0.2, -0.15) is 0 Å². The molecular weight excluding hydrogens is 281 g/mol. The zero-order chi connectivity index (χ0) is 16.1. The highest BCUT2D eigenvalue weighted by molar-refractivity contribution is 5.80. The zero-order valence-corrected chi connectivity index (χ0v) is 12.9. The Balaban J connectivity index is 2.36. The number of carbonyl (C=O) groups excluding carboxylic acids is 1. The highest BCUT2D eigenvalue weighted by Gasteiger charge is 2.28. The van der Waals surface area contributed by atoms with Gasteiger partial charge in [0.15, 0.2) is 0 Å². The first-order valence-corrected chi connectivity index (χ1v) is 7.25. The molecule has 1 aromatic carbocycles. The van der Waals surface area contributed by atoms with Crippen molar-refractivity contribution in [3.8, 4) is 5.75 Å². The molecule has 0 saturated carbocycles. The van der Waals surface area contributed by atoms with Crippen LogP contribution in [-0.2, 0) is 11.2 Å². The van der Waals surface area contributed by atoms with Gasteiger partial charge in [0, 0.05) is 13.3 Å². The lowest BCUT2D eigenvalue weighted by atomic mass is 9.99. The van der Waals surface area contributed by atoms with Gasteiger partial charge in [-0.15, -0.1) is 0 Å². The first kappa shape index (κ1) is 16.0. The van der Waals surface area contributed by atoms with Crippen LogP contribution in [0.2, 0.25) is 0 Å². The second-order valence-corrected chi connectivity index (χ2v) is 5.15. The van der Waals surface area contributed by atoms with Crippen molar-refractivity contribution < 1.29 is 13.9 Å². The lowest BCUT2D eigenvalue weighted by Gasteiger charge is -2.14. The summed E-state index contributed by atoms with van der Waals surface area (Å²) in [7, 11) is 0. The highest BCUT2D eigenvalue weighted by atomic mass is 19.1. The Labute approximate surface area is 130 Å². The fraction of sp³-hybridized carbons (Fsp3) is 0.278. The van der Waals surface area contributed by atoms with Crippen molar-refractivity contribution in [1.82, 2.24) is 5.32 Å². The number of hydrogen-bond donors (Lipinski definition) is 1. The van der Waals surface area contributed by atoms with Crippen LogP contribution in [0.3, 0.4) is 0 Å². The number of rotatable bonds is 5. The Bertz CT molecular complexity index is 647. The van der Waals surface area contributed by atoms with Gasteiger partial charge in [0.05, 0.1) is 12.1 Å². The lowest BCUT2D eigenvalue weighted by Crippen LogP contribution is -2.32. The number of halogens is 1. The number of amides is 1. The van der Waals surface area contributed by atoms with Crippen LogP contribution in [-0.4, -0.2) is 18.6 Å². The quantitative estimate of drug-likeness (QED) is 0.846. The Kier molecular flexibility index (Phi) is 5.15. The molecular formula is C18H20FNO2. The van der Waals surface area contributed by atoms with E-state index in [4.69, 9.17) is 4.74 Å². The van der Waals surface area contributed by atoms with Gasteiger partial charge in [-0.05, 0) is 24.1 Å². The van der Waals surface area contributed by atoms with E-state index < -0.39 is 0 Å². The fourth-order valence-corrected chi connectivity index (χ4v) is 2.52. The van der Waals surface area contributed by atoms with Crippen LogP contribution in [0.25, 0.3) is 5.57 Å². The molecule has 0 fully saturated rings. The molecule has 0 radical (unpaired) electrons. The standard InChI is InChI=1S/C18H20FNO2/c1-4-6-13(7-5-2)17-16(19)9-8-14-10-15(22-18(14)17)11-20-12(3)21/h4-9,15H,1,10-11H2,2-3H3,(H,20,21)/b7-5-,13-6+. The first-order valence-electron chi connectivity index (χ1n) is 7.25. The summed E-state index contributed by atoms with van der Waals surface area (Å²) in [6.45, 7) is 7.42. The summed E-state index contributed by atoms with van der Waals surface area (Å²) in [6.07, 6.45) is 7.53. The Morgan fingerprint density at radius 1 is 1.55 bits per heavy atom. The molecule has 3 nitrogen and oxygen atoms in total. The predicted molar refractivity (Wildman–Crippen MR) is 86.2 cm³/mol. The minimum absolute atomic E-state index is 0.105. The molecule has 1 atom stereocenters. The third kappa shape index (κ3) is 3.45. The van der Waals surface area contributed by atoms with E-state index in [2.05, 4.69) is 11.9 Å². The minimum atomic E-state index is -0.329. The number of fused-ring (bicyclic) bond motifs is 1. The molecule has 22 heavy (non-hydrogen) atoms. The molecule has 0 aliphatic carbocycles. The van der Waals surface area contributed by atoms with Gasteiger partial charge < -0.3 is 10.1 Å². The van der Waals surface area contributed by atoms with Crippen LogP contribution < -0.4 is 10.1 Å². The SMILES string of the molecule is C=C/C=C(\C=C/C)c1c(F)ccc2c1OC(CNC(C)=O)C2. The molecule has 1 amide bonds. The molecule has 0 saturated heterocycles. The molecule has 1 N–H and O–H groups in total. The second kappa shape index (κ2) is 7.07. The average Bonchev–Trinajstić information content (AvgIpc) is 2.88.